The monoisotopic (exact) mass is 341 g/mol. The van der Waals surface area contributed by atoms with Gasteiger partial charge in [0.05, 0.1) is 11.7 Å². The molecule has 20 heavy (non-hydrogen) atoms. The fourth-order valence-corrected chi connectivity index (χ4v) is 2.34. The standard InChI is InChI=1S/C15H14BrF2NO/c16-11-5-2-1-4-10(11)8-19-9-14(20)15-12(17)6-3-7-13(15)18/h1-7,14,19-20H,8-9H2. The van der Waals surface area contributed by atoms with Gasteiger partial charge in [0.15, 0.2) is 0 Å². The first-order valence-corrected chi connectivity index (χ1v) is 6.95. The number of rotatable bonds is 5. The highest BCUT2D eigenvalue weighted by molar-refractivity contribution is 9.10. The van der Waals surface area contributed by atoms with E-state index in [4.69, 9.17) is 0 Å². The zero-order chi connectivity index (χ0) is 14.5. The molecule has 0 aliphatic rings. The molecule has 0 saturated carbocycles. The third-order valence-corrected chi connectivity index (χ3v) is 3.72. The summed E-state index contributed by atoms with van der Waals surface area (Å²) in [5, 5.41) is 12.9. The van der Waals surface area contributed by atoms with Crippen molar-refractivity contribution in [3.63, 3.8) is 0 Å². The second-order valence-corrected chi connectivity index (χ2v) is 5.23. The summed E-state index contributed by atoms with van der Waals surface area (Å²) in [4.78, 5) is 0. The van der Waals surface area contributed by atoms with E-state index in [-0.39, 0.29) is 12.1 Å². The average molecular weight is 342 g/mol. The molecule has 0 radical (unpaired) electrons. The van der Waals surface area contributed by atoms with Crippen LogP contribution in [-0.4, -0.2) is 11.7 Å². The number of aliphatic hydroxyl groups is 1. The number of benzene rings is 2. The Morgan fingerprint density at radius 3 is 2.35 bits per heavy atom. The first kappa shape index (κ1) is 15.1. The van der Waals surface area contributed by atoms with Gasteiger partial charge in [-0.05, 0) is 23.8 Å². The van der Waals surface area contributed by atoms with Crippen LogP contribution < -0.4 is 5.32 Å². The Morgan fingerprint density at radius 1 is 1.05 bits per heavy atom. The molecular weight excluding hydrogens is 328 g/mol. The maximum atomic E-state index is 13.5. The number of hydrogen-bond donors (Lipinski definition) is 2. The summed E-state index contributed by atoms with van der Waals surface area (Å²) < 4.78 is 27.9. The summed E-state index contributed by atoms with van der Waals surface area (Å²) >= 11 is 3.41. The number of aliphatic hydroxyl groups excluding tert-OH is 1. The van der Waals surface area contributed by atoms with E-state index < -0.39 is 17.7 Å². The number of nitrogens with one attached hydrogen (secondary N) is 1. The van der Waals surface area contributed by atoms with E-state index in [9.17, 15) is 13.9 Å². The molecule has 1 unspecified atom stereocenters. The third kappa shape index (κ3) is 3.62. The van der Waals surface area contributed by atoms with Crippen LogP contribution in [0.5, 0.6) is 0 Å². The summed E-state index contributed by atoms with van der Waals surface area (Å²) in [5.74, 6) is -1.47. The molecule has 0 heterocycles. The minimum absolute atomic E-state index is 0.0686. The molecule has 106 valence electrons. The minimum atomic E-state index is -1.22. The molecule has 0 fully saturated rings. The molecule has 5 heteroatoms. The molecule has 0 aliphatic carbocycles. The van der Waals surface area contributed by atoms with Gasteiger partial charge in [0, 0.05) is 17.6 Å². The van der Waals surface area contributed by atoms with Gasteiger partial charge in [0.25, 0.3) is 0 Å². The second-order valence-electron chi connectivity index (χ2n) is 4.37. The third-order valence-electron chi connectivity index (χ3n) is 2.94. The predicted octanol–water partition coefficient (Wildman–Crippen LogP) is 3.55. The van der Waals surface area contributed by atoms with Crippen molar-refractivity contribution in [3.05, 3.63) is 69.7 Å². The summed E-state index contributed by atoms with van der Waals surface area (Å²) in [6, 6.07) is 11.2. The van der Waals surface area contributed by atoms with Gasteiger partial charge in [-0.2, -0.15) is 0 Å². The summed E-state index contributed by atoms with van der Waals surface area (Å²) in [7, 11) is 0. The van der Waals surface area contributed by atoms with Gasteiger partial charge >= 0.3 is 0 Å². The van der Waals surface area contributed by atoms with Crippen molar-refractivity contribution in [2.75, 3.05) is 6.54 Å². The Labute approximate surface area is 124 Å². The van der Waals surface area contributed by atoms with Crippen LogP contribution in [0.1, 0.15) is 17.2 Å². The Bertz CT molecular complexity index is 572. The highest BCUT2D eigenvalue weighted by Gasteiger charge is 2.17. The Morgan fingerprint density at radius 2 is 1.70 bits per heavy atom. The molecule has 2 aromatic carbocycles. The zero-order valence-electron chi connectivity index (χ0n) is 10.6. The lowest BCUT2D eigenvalue weighted by atomic mass is 10.1. The Hall–Kier alpha value is -1.30. The first-order chi connectivity index (χ1) is 9.59. The highest BCUT2D eigenvalue weighted by atomic mass is 79.9. The normalized spacial score (nSPS) is 12.4. The van der Waals surface area contributed by atoms with Crippen molar-refractivity contribution in [1.82, 2.24) is 5.32 Å². The van der Waals surface area contributed by atoms with E-state index in [1.54, 1.807) is 0 Å². The maximum Gasteiger partial charge on any atom is 0.131 e. The molecule has 2 nitrogen and oxygen atoms in total. The largest absolute Gasteiger partial charge is 0.387 e. The maximum absolute atomic E-state index is 13.5. The molecule has 0 aromatic heterocycles. The number of halogens is 3. The number of hydrogen-bond acceptors (Lipinski definition) is 2. The smallest absolute Gasteiger partial charge is 0.131 e. The van der Waals surface area contributed by atoms with Crippen LogP contribution in [0.4, 0.5) is 8.78 Å². The van der Waals surface area contributed by atoms with Gasteiger partial charge < -0.3 is 10.4 Å². The fourth-order valence-electron chi connectivity index (χ4n) is 1.92. The van der Waals surface area contributed by atoms with Gasteiger partial charge in [0.2, 0.25) is 0 Å². The summed E-state index contributed by atoms with van der Waals surface area (Å²) in [6.45, 7) is 0.563. The molecule has 0 saturated heterocycles. The molecule has 1 atom stereocenters. The fraction of sp³-hybridized carbons (Fsp3) is 0.200. The molecule has 2 rings (SSSR count). The van der Waals surface area contributed by atoms with Crippen molar-refractivity contribution < 1.29 is 13.9 Å². The van der Waals surface area contributed by atoms with Crippen molar-refractivity contribution in [2.24, 2.45) is 0 Å². The molecule has 0 aliphatic heterocycles. The van der Waals surface area contributed by atoms with E-state index >= 15 is 0 Å². The lowest BCUT2D eigenvalue weighted by Crippen LogP contribution is -2.22. The van der Waals surface area contributed by atoms with Crippen LogP contribution in [0.2, 0.25) is 0 Å². The lowest BCUT2D eigenvalue weighted by Gasteiger charge is -2.14. The van der Waals surface area contributed by atoms with Gasteiger partial charge in [-0.1, -0.05) is 40.2 Å². The lowest BCUT2D eigenvalue weighted by molar-refractivity contribution is 0.164. The van der Waals surface area contributed by atoms with Gasteiger partial charge in [-0.25, -0.2) is 8.78 Å². The van der Waals surface area contributed by atoms with E-state index in [2.05, 4.69) is 21.2 Å². The SMILES string of the molecule is OC(CNCc1ccccc1Br)c1c(F)cccc1F. The van der Waals surface area contributed by atoms with Crippen LogP contribution in [0.3, 0.4) is 0 Å². The first-order valence-electron chi connectivity index (χ1n) is 6.15. The quantitative estimate of drug-likeness (QED) is 0.871. The van der Waals surface area contributed by atoms with E-state index in [1.807, 2.05) is 24.3 Å². The highest BCUT2D eigenvalue weighted by Crippen LogP contribution is 2.20. The zero-order valence-corrected chi connectivity index (χ0v) is 12.2. The van der Waals surface area contributed by atoms with Crippen LogP contribution in [-0.2, 0) is 6.54 Å². The van der Waals surface area contributed by atoms with Gasteiger partial charge in [-0.3, -0.25) is 0 Å². The van der Waals surface area contributed by atoms with Crippen LogP contribution in [0.25, 0.3) is 0 Å². The predicted molar refractivity (Wildman–Crippen MR) is 77.2 cm³/mol. The van der Waals surface area contributed by atoms with Crippen molar-refractivity contribution >= 4 is 15.9 Å². The van der Waals surface area contributed by atoms with Crippen LogP contribution in [0.15, 0.2) is 46.9 Å². The topological polar surface area (TPSA) is 32.3 Å². The molecule has 2 N–H and O–H groups in total. The van der Waals surface area contributed by atoms with Crippen LogP contribution >= 0.6 is 15.9 Å². The van der Waals surface area contributed by atoms with E-state index in [1.165, 1.54) is 6.07 Å². The Kier molecular flexibility index (Phi) is 5.23. The minimum Gasteiger partial charge on any atom is -0.387 e. The van der Waals surface area contributed by atoms with E-state index in [0.717, 1.165) is 22.2 Å². The van der Waals surface area contributed by atoms with Gasteiger partial charge in [0.1, 0.15) is 11.6 Å². The molecule has 0 amide bonds. The molecule has 0 spiro atoms. The van der Waals surface area contributed by atoms with Crippen molar-refractivity contribution in [2.45, 2.75) is 12.6 Å². The molecule has 0 bridgehead atoms. The molecular formula is C15H14BrF2NO. The summed E-state index contributed by atoms with van der Waals surface area (Å²) in [6.07, 6.45) is -1.22. The van der Waals surface area contributed by atoms with Gasteiger partial charge in [-0.15, -0.1) is 0 Å². The average Bonchev–Trinajstić information content (AvgIpc) is 2.41. The van der Waals surface area contributed by atoms with E-state index in [0.29, 0.717) is 6.54 Å². The second kappa shape index (κ2) is 6.92. The van der Waals surface area contributed by atoms with Crippen molar-refractivity contribution in [3.8, 4) is 0 Å². The summed E-state index contributed by atoms with van der Waals surface area (Å²) in [5.41, 5.74) is 0.709. The van der Waals surface area contributed by atoms with Crippen molar-refractivity contribution in [1.29, 1.82) is 0 Å². The Balaban J connectivity index is 1.96. The molecule has 2 aromatic rings. The van der Waals surface area contributed by atoms with Crippen LogP contribution in [0, 0.1) is 11.6 Å².